The fraction of sp³-hybridized carbons (Fsp3) is 0.312. The number of carbonyl (C=O) groups is 1. The Hall–Kier alpha value is -2.63. The van der Waals surface area contributed by atoms with E-state index in [1.807, 2.05) is 25.1 Å². The van der Waals surface area contributed by atoms with Crippen molar-refractivity contribution in [3.63, 3.8) is 0 Å². The Morgan fingerprint density at radius 1 is 1.23 bits per heavy atom. The zero-order valence-corrected chi connectivity index (χ0v) is 12.8. The van der Waals surface area contributed by atoms with E-state index in [0.29, 0.717) is 30.3 Å². The molecule has 2 heterocycles. The van der Waals surface area contributed by atoms with Gasteiger partial charge >= 0.3 is 0 Å². The van der Waals surface area contributed by atoms with E-state index in [0.717, 1.165) is 16.8 Å². The average molecular weight is 299 g/mol. The lowest BCUT2D eigenvalue weighted by Crippen LogP contribution is -2.26. The predicted molar refractivity (Wildman–Crippen MR) is 81.2 cm³/mol. The first kappa shape index (κ1) is 14.3. The molecule has 1 aliphatic heterocycles. The van der Waals surface area contributed by atoms with Crippen LogP contribution in [0.25, 0.3) is 0 Å². The van der Waals surface area contributed by atoms with Crippen molar-refractivity contribution < 1.29 is 14.3 Å². The summed E-state index contributed by atoms with van der Waals surface area (Å²) in [6, 6.07) is 5.56. The number of amides is 1. The molecular formula is C16H17N3O3. The molecule has 0 bridgehead atoms. The zero-order chi connectivity index (χ0) is 15.7. The van der Waals surface area contributed by atoms with Crippen molar-refractivity contribution in [1.82, 2.24) is 9.97 Å². The number of fused-ring (bicyclic) bond motifs is 1. The van der Waals surface area contributed by atoms with E-state index >= 15 is 0 Å². The van der Waals surface area contributed by atoms with Crippen molar-refractivity contribution in [2.24, 2.45) is 0 Å². The molecule has 114 valence electrons. The van der Waals surface area contributed by atoms with Crippen molar-refractivity contribution in [3.05, 3.63) is 41.3 Å². The van der Waals surface area contributed by atoms with Gasteiger partial charge in [0, 0.05) is 22.9 Å². The van der Waals surface area contributed by atoms with Gasteiger partial charge in [0.2, 0.25) is 5.91 Å². The second-order valence-corrected chi connectivity index (χ2v) is 5.10. The highest BCUT2D eigenvalue weighted by Gasteiger charge is 2.31. The summed E-state index contributed by atoms with van der Waals surface area (Å²) >= 11 is 0. The number of carbonyl (C=O) groups excluding carboxylic acids is 1. The lowest BCUT2D eigenvalue weighted by atomic mass is 10.1. The molecule has 22 heavy (non-hydrogen) atoms. The summed E-state index contributed by atoms with van der Waals surface area (Å²) in [5, 5.41) is 0. The summed E-state index contributed by atoms with van der Waals surface area (Å²) < 4.78 is 10.6. The van der Waals surface area contributed by atoms with Gasteiger partial charge in [0.15, 0.2) is 0 Å². The summed E-state index contributed by atoms with van der Waals surface area (Å²) in [4.78, 5) is 22.4. The van der Waals surface area contributed by atoms with Crippen molar-refractivity contribution in [3.8, 4) is 11.5 Å². The van der Waals surface area contributed by atoms with Gasteiger partial charge in [0.05, 0.1) is 27.2 Å². The maximum atomic E-state index is 12.3. The summed E-state index contributed by atoms with van der Waals surface area (Å²) in [5.74, 6) is 2.12. The molecule has 1 aromatic heterocycles. The number of aromatic nitrogens is 2. The van der Waals surface area contributed by atoms with E-state index in [1.165, 1.54) is 6.33 Å². The van der Waals surface area contributed by atoms with Crippen LogP contribution in [0.1, 0.15) is 16.8 Å². The Balaban J connectivity index is 1.95. The van der Waals surface area contributed by atoms with E-state index in [9.17, 15) is 4.79 Å². The summed E-state index contributed by atoms with van der Waals surface area (Å²) in [6.07, 6.45) is 1.84. The highest BCUT2D eigenvalue weighted by Crippen LogP contribution is 2.32. The van der Waals surface area contributed by atoms with Gasteiger partial charge in [-0.15, -0.1) is 0 Å². The van der Waals surface area contributed by atoms with Crippen LogP contribution in [0.3, 0.4) is 0 Å². The maximum Gasteiger partial charge on any atom is 0.233 e. The molecule has 0 saturated heterocycles. The third-order valence-corrected chi connectivity index (χ3v) is 3.85. The fourth-order valence-electron chi connectivity index (χ4n) is 2.61. The number of ether oxygens (including phenoxy) is 2. The van der Waals surface area contributed by atoms with Crippen LogP contribution in [0, 0.1) is 6.92 Å². The number of hydrogen-bond donors (Lipinski definition) is 0. The van der Waals surface area contributed by atoms with Crippen molar-refractivity contribution in [2.75, 3.05) is 19.1 Å². The van der Waals surface area contributed by atoms with E-state index in [1.54, 1.807) is 19.1 Å². The molecule has 6 nitrogen and oxygen atoms in total. The third-order valence-electron chi connectivity index (χ3n) is 3.85. The molecule has 0 spiro atoms. The quantitative estimate of drug-likeness (QED) is 0.862. The zero-order valence-electron chi connectivity index (χ0n) is 12.8. The SMILES string of the molecule is COc1ccc(CN2C(=O)Cc3c(C)ncnc32)c(OC)c1. The van der Waals surface area contributed by atoms with Gasteiger partial charge in [0.25, 0.3) is 0 Å². The monoisotopic (exact) mass is 299 g/mol. The smallest absolute Gasteiger partial charge is 0.233 e. The number of anilines is 1. The number of rotatable bonds is 4. The number of nitrogens with zero attached hydrogens (tertiary/aromatic N) is 3. The van der Waals surface area contributed by atoms with Gasteiger partial charge in [-0.1, -0.05) is 0 Å². The average Bonchev–Trinajstić information content (AvgIpc) is 2.85. The summed E-state index contributed by atoms with van der Waals surface area (Å²) in [7, 11) is 3.21. The molecular weight excluding hydrogens is 282 g/mol. The largest absolute Gasteiger partial charge is 0.497 e. The van der Waals surface area contributed by atoms with Gasteiger partial charge < -0.3 is 9.47 Å². The second kappa shape index (κ2) is 5.63. The standard InChI is InChI=1S/C16H17N3O3/c1-10-13-7-15(20)19(16(13)18-9-17-10)8-11-4-5-12(21-2)6-14(11)22-3/h4-6,9H,7-8H2,1-3H3. The summed E-state index contributed by atoms with van der Waals surface area (Å²) in [6.45, 7) is 2.31. The molecule has 0 radical (unpaired) electrons. The first-order valence-electron chi connectivity index (χ1n) is 6.95. The number of hydrogen-bond acceptors (Lipinski definition) is 5. The highest BCUT2D eigenvalue weighted by molar-refractivity contribution is 6.00. The first-order chi connectivity index (χ1) is 10.6. The molecule has 1 amide bonds. The van der Waals surface area contributed by atoms with Crippen LogP contribution in [0.15, 0.2) is 24.5 Å². The Labute approximate surface area is 128 Å². The molecule has 6 heteroatoms. The lowest BCUT2D eigenvalue weighted by Gasteiger charge is -2.18. The van der Waals surface area contributed by atoms with E-state index in [4.69, 9.17) is 9.47 Å². The van der Waals surface area contributed by atoms with Gasteiger partial charge in [0.1, 0.15) is 23.6 Å². The Morgan fingerprint density at radius 2 is 2.05 bits per heavy atom. The minimum absolute atomic E-state index is 0.0245. The number of aryl methyl sites for hydroxylation is 1. The molecule has 2 aromatic rings. The highest BCUT2D eigenvalue weighted by atomic mass is 16.5. The Bertz CT molecular complexity index is 731. The van der Waals surface area contributed by atoms with Gasteiger partial charge in [-0.3, -0.25) is 9.69 Å². The van der Waals surface area contributed by atoms with Crippen LogP contribution in [-0.2, 0) is 17.8 Å². The number of benzene rings is 1. The second-order valence-electron chi connectivity index (χ2n) is 5.10. The molecule has 3 rings (SSSR count). The molecule has 0 saturated carbocycles. The van der Waals surface area contributed by atoms with Gasteiger partial charge in [-0.2, -0.15) is 0 Å². The predicted octanol–water partition coefficient (Wildman–Crippen LogP) is 1.89. The molecule has 1 aromatic carbocycles. The van der Waals surface area contributed by atoms with Crippen LogP contribution in [0.5, 0.6) is 11.5 Å². The maximum absolute atomic E-state index is 12.3. The van der Waals surface area contributed by atoms with Crippen LogP contribution < -0.4 is 14.4 Å². The van der Waals surface area contributed by atoms with Crippen molar-refractivity contribution in [1.29, 1.82) is 0 Å². The normalized spacial score (nSPS) is 13.2. The van der Waals surface area contributed by atoms with Crippen molar-refractivity contribution in [2.45, 2.75) is 19.9 Å². The van der Waals surface area contributed by atoms with Crippen LogP contribution in [0.4, 0.5) is 5.82 Å². The summed E-state index contributed by atoms with van der Waals surface area (Å²) in [5.41, 5.74) is 2.66. The molecule has 0 aliphatic carbocycles. The van der Waals surface area contributed by atoms with E-state index in [-0.39, 0.29) is 5.91 Å². The van der Waals surface area contributed by atoms with Gasteiger partial charge in [-0.05, 0) is 19.1 Å². The molecule has 0 N–H and O–H groups in total. The van der Waals surface area contributed by atoms with Crippen molar-refractivity contribution >= 4 is 11.7 Å². The van der Waals surface area contributed by atoms with E-state index < -0.39 is 0 Å². The van der Waals surface area contributed by atoms with Crippen LogP contribution in [-0.4, -0.2) is 30.1 Å². The van der Waals surface area contributed by atoms with Gasteiger partial charge in [-0.25, -0.2) is 9.97 Å². The minimum atomic E-state index is 0.0245. The molecule has 0 atom stereocenters. The fourth-order valence-corrected chi connectivity index (χ4v) is 2.61. The molecule has 1 aliphatic rings. The third kappa shape index (κ3) is 2.36. The first-order valence-corrected chi connectivity index (χ1v) is 6.95. The Morgan fingerprint density at radius 3 is 2.77 bits per heavy atom. The number of methoxy groups -OCH3 is 2. The lowest BCUT2D eigenvalue weighted by molar-refractivity contribution is -0.117. The minimum Gasteiger partial charge on any atom is -0.497 e. The molecule has 0 unspecified atom stereocenters. The van der Waals surface area contributed by atoms with Crippen LogP contribution >= 0.6 is 0 Å². The van der Waals surface area contributed by atoms with E-state index in [2.05, 4.69) is 9.97 Å². The topological polar surface area (TPSA) is 64.5 Å². The Kier molecular flexibility index (Phi) is 3.66. The molecule has 0 fully saturated rings. The van der Waals surface area contributed by atoms with Crippen LogP contribution in [0.2, 0.25) is 0 Å².